The maximum absolute atomic E-state index is 13.2. The number of benzene rings is 2. The maximum atomic E-state index is 13.2. The van der Waals surface area contributed by atoms with E-state index in [4.69, 9.17) is 22.0 Å². The Hall–Kier alpha value is -3.16. The zero-order chi connectivity index (χ0) is 23.3. The molecule has 0 aliphatic carbocycles. The van der Waals surface area contributed by atoms with E-state index in [1.54, 1.807) is 19.3 Å². The number of amides is 1. The molecule has 170 valence electrons. The molecule has 1 amide bonds. The van der Waals surface area contributed by atoms with E-state index >= 15 is 0 Å². The second-order valence-electron chi connectivity index (χ2n) is 8.23. The largest absolute Gasteiger partial charge is 0.398 e. The van der Waals surface area contributed by atoms with Gasteiger partial charge in [0.1, 0.15) is 0 Å². The van der Waals surface area contributed by atoms with Gasteiger partial charge in [-0.15, -0.1) is 0 Å². The lowest BCUT2D eigenvalue weighted by molar-refractivity contribution is 0.0166. The minimum Gasteiger partial charge on any atom is -0.398 e. The lowest BCUT2D eigenvalue weighted by atomic mass is 9.92. The first-order valence-corrected chi connectivity index (χ1v) is 10.8. The molecule has 6 N–H and O–H groups in total. The predicted octanol–water partition coefficient (Wildman–Crippen LogP) is 2.97. The average molecular weight is 436 g/mol. The molecular weight excluding hydrogens is 402 g/mol. The van der Waals surface area contributed by atoms with Crippen molar-refractivity contribution in [2.45, 2.75) is 39.2 Å². The van der Waals surface area contributed by atoms with Crippen molar-refractivity contribution in [3.63, 3.8) is 0 Å². The summed E-state index contributed by atoms with van der Waals surface area (Å²) in [4.78, 5) is 17.1. The van der Waals surface area contributed by atoms with Gasteiger partial charge in [-0.05, 0) is 73.1 Å². The summed E-state index contributed by atoms with van der Waals surface area (Å²) in [5.41, 5.74) is 19.1. The monoisotopic (exact) mass is 435 g/mol. The molecule has 1 saturated heterocycles. The number of nitrogen functional groups attached to an aromatic ring is 1. The quantitative estimate of drug-likeness (QED) is 0.212. The number of nitrogens with zero attached hydrogens (tertiary/aromatic N) is 2. The third kappa shape index (κ3) is 5.18. The Balaban J connectivity index is 1.86. The van der Waals surface area contributed by atoms with E-state index in [-0.39, 0.29) is 11.9 Å². The summed E-state index contributed by atoms with van der Waals surface area (Å²) in [6.07, 6.45) is 5.83. The van der Waals surface area contributed by atoms with Gasteiger partial charge in [0.05, 0.1) is 18.2 Å². The molecular formula is C25H33N5O2. The minimum absolute atomic E-state index is 0.135. The molecule has 1 unspecified atom stereocenters. The van der Waals surface area contributed by atoms with E-state index in [9.17, 15) is 4.79 Å². The fourth-order valence-corrected chi connectivity index (χ4v) is 3.90. The topological polar surface area (TPSA) is 120 Å². The van der Waals surface area contributed by atoms with Gasteiger partial charge in [0.15, 0.2) is 0 Å². The summed E-state index contributed by atoms with van der Waals surface area (Å²) in [6, 6.07) is 9.80. The van der Waals surface area contributed by atoms with Gasteiger partial charge in [-0.25, -0.2) is 5.84 Å². The third-order valence-corrected chi connectivity index (χ3v) is 6.14. The van der Waals surface area contributed by atoms with Crippen LogP contribution in [0.3, 0.4) is 0 Å². The Labute approximate surface area is 189 Å². The van der Waals surface area contributed by atoms with Gasteiger partial charge < -0.3 is 16.2 Å². The number of hydrogen-bond donors (Lipinski definition) is 3. The number of hydrogen-bond acceptors (Lipinski definition) is 6. The van der Waals surface area contributed by atoms with E-state index in [1.165, 1.54) is 5.01 Å². The van der Waals surface area contributed by atoms with Gasteiger partial charge in [0.25, 0.3) is 5.91 Å². The van der Waals surface area contributed by atoms with Crippen molar-refractivity contribution in [1.29, 1.82) is 0 Å². The van der Waals surface area contributed by atoms with Crippen LogP contribution >= 0.6 is 0 Å². The SMILES string of the molecule is CN=CC=C(N)c1ccc(Cc2cc(C(=O)N(N)C3CCCOC3)c(N)c(C)c2C)cc1. The van der Waals surface area contributed by atoms with Crippen molar-refractivity contribution in [1.82, 2.24) is 5.01 Å². The number of rotatable bonds is 6. The number of anilines is 1. The molecule has 1 aliphatic rings. The average Bonchev–Trinajstić information content (AvgIpc) is 2.83. The summed E-state index contributed by atoms with van der Waals surface area (Å²) in [6.45, 7) is 5.14. The highest BCUT2D eigenvalue weighted by Gasteiger charge is 2.27. The van der Waals surface area contributed by atoms with Crippen LogP contribution in [0.2, 0.25) is 0 Å². The number of aliphatic imine (C=N–C) groups is 1. The van der Waals surface area contributed by atoms with Crippen molar-refractivity contribution in [3.05, 3.63) is 69.8 Å². The van der Waals surface area contributed by atoms with Gasteiger partial charge in [0.2, 0.25) is 0 Å². The first kappa shape index (κ1) is 23.5. The van der Waals surface area contributed by atoms with Crippen LogP contribution in [0.15, 0.2) is 41.4 Å². The molecule has 7 heteroatoms. The summed E-state index contributed by atoms with van der Waals surface area (Å²) in [5, 5.41) is 1.28. The molecule has 2 aromatic carbocycles. The number of carbonyl (C=O) groups is 1. The smallest absolute Gasteiger partial charge is 0.270 e. The van der Waals surface area contributed by atoms with Crippen LogP contribution in [0.1, 0.15) is 51.0 Å². The molecule has 1 atom stereocenters. The van der Waals surface area contributed by atoms with Crippen LogP contribution in [0, 0.1) is 13.8 Å². The Morgan fingerprint density at radius 1 is 1.25 bits per heavy atom. The molecule has 0 bridgehead atoms. The third-order valence-electron chi connectivity index (χ3n) is 6.14. The van der Waals surface area contributed by atoms with Gasteiger partial charge in [-0.3, -0.25) is 14.8 Å². The highest BCUT2D eigenvalue weighted by molar-refractivity contribution is 6.00. The van der Waals surface area contributed by atoms with E-state index in [2.05, 4.69) is 4.99 Å². The molecule has 1 aliphatic heterocycles. The van der Waals surface area contributed by atoms with Crippen molar-refractivity contribution in [3.8, 4) is 0 Å². The molecule has 3 rings (SSSR count). The van der Waals surface area contributed by atoms with Gasteiger partial charge in [-0.1, -0.05) is 24.3 Å². The molecule has 2 aromatic rings. The van der Waals surface area contributed by atoms with Crippen molar-refractivity contribution in [2.75, 3.05) is 26.0 Å². The summed E-state index contributed by atoms with van der Waals surface area (Å²) >= 11 is 0. The van der Waals surface area contributed by atoms with Crippen molar-refractivity contribution >= 4 is 23.5 Å². The van der Waals surface area contributed by atoms with Crippen molar-refractivity contribution in [2.24, 2.45) is 16.6 Å². The van der Waals surface area contributed by atoms with Crippen LogP contribution < -0.4 is 17.3 Å². The molecule has 0 radical (unpaired) electrons. The number of hydrazine groups is 1. The molecule has 7 nitrogen and oxygen atoms in total. The van der Waals surface area contributed by atoms with E-state index in [1.807, 2.05) is 44.2 Å². The first-order chi connectivity index (χ1) is 15.3. The molecule has 0 spiro atoms. The summed E-state index contributed by atoms with van der Waals surface area (Å²) < 4.78 is 5.49. The molecule has 0 aromatic heterocycles. The van der Waals surface area contributed by atoms with E-state index in [0.29, 0.717) is 36.6 Å². The second kappa shape index (κ2) is 10.4. The van der Waals surface area contributed by atoms with E-state index in [0.717, 1.165) is 40.7 Å². The van der Waals surface area contributed by atoms with Gasteiger partial charge >= 0.3 is 0 Å². The Bertz CT molecular complexity index is 1020. The molecule has 1 heterocycles. The van der Waals surface area contributed by atoms with E-state index < -0.39 is 0 Å². The second-order valence-corrected chi connectivity index (χ2v) is 8.23. The molecule has 1 fully saturated rings. The summed E-state index contributed by atoms with van der Waals surface area (Å²) in [5.74, 6) is 5.91. The minimum atomic E-state index is -0.270. The summed E-state index contributed by atoms with van der Waals surface area (Å²) in [7, 11) is 1.70. The van der Waals surface area contributed by atoms with Crippen LogP contribution in [-0.2, 0) is 11.2 Å². The zero-order valence-corrected chi connectivity index (χ0v) is 19.1. The molecule has 0 saturated carbocycles. The number of allylic oxidation sites excluding steroid dienone is 1. The Kier molecular flexibility index (Phi) is 7.66. The highest BCUT2D eigenvalue weighted by atomic mass is 16.5. The van der Waals surface area contributed by atoms with Crippen LogP contribution in [-0.4, -0.2) is 43.4 Å². The fourth-order valence-electron chi connectivity index (χ4n) is 3.90. The highest BCUT2D eigenvalue weighted by Crippen LogP contribution is 2.28. The Morgan fingerprint density at radius 2 is 1.97 bits per heavy atom. The van der Waals surface area contributed by atoms with Crippen LogP contribution in [0.4, 0.5) is 5.69 Å². The van der Waals surface area contributed by atoms with Crippen LogP contribution in [0.5, 0.6) is 0 Å². The number of carbonyl (C=O) groups excluding carboxylic acids is 1. The maximum Gasteiger partial charge on any atom is 0.270 e. The van der Waals surface area contributed by atoms with Gasteiger partial charge in [-0.2, -0.15) is 0 Å². The van der Waals surface area contributed by atoms with Crippen LogP contribution in [0.25, 0.3) is 5.70 Å². The standard InChI is InChI=1S/C25H33N5O2/c1-16-17(2)24(27)22(25(31)30(28)21-5-4-12-32-15-21)14-20(16)13-18-6-8-19(9-7-18)23(26)10-11-29-3/h6-11,14,21H,4-5,12-13,15,26-28H2,1-3H3. The number of nitrogens with two attached hydrogens (primary N) is 3. The lowest BCUT2D eigenvalue weighted by Gasteiger charge is -2.31. The van der Waals surface area contributed by atoms with Crippen molar-refractivity contribution < 1.29 is 9.53 Å². The zero-order valence-electron chi connectivity index (χ0n) is 19.1. The lowest BCUT2D eigenvalue weighted by Crippen LogP contribution is -2.49. The first-order valence-electron chi connectivity index (χ1n) is 10.8. The van der Waals surface area contributed by atoms with Gasteiger partial charge in [0, 0.05) is 31.3 Å². The Morgan fingerprint density at radius 3 is 2.59 bits per heavy atom. The number of ether oxygens (including phenoxy) is 1. The predicted molar refractivity (Wildman–Crippen MR) is 130 cm³/mol. The molecule has 32 heavy (non-hydrogen) atoms. The fraction of sp³-hybridized carbons (Fsp3) is 0.360. The normalized spacial score (nSPS) is 17.0.